The third-order valence-electron chi connectivity index (χ3n) is 4.10. The molecule has 6 heteroatoms. The SMILES string of the molecule is CC(C)(C)c1cc(C2CC(O)OC2O)cc2c1C(=O)OC2=O. The van der Waals surface area contributed by atoms with Crippen LogP contribution in [0.3, 0.4) is 0 Å². The standard InChI is InChI=1S/C16H18O6/c1-16(2,3)10-5-7(8-6-11(17)21-13(8)18)4-9-12(10)15(20)22-14(9)19/h4-5,8,11,13,17-18H,6H2,1-3H3. The van der Waals surface area contributed by atoms with Crippen LogP contribution in [0.25, 0.3) is 0 Å². The van der Waals surface area contributed by atoms with Gasteiger partial charge >= 0.3 is 11.9 Å². The Morgan fingerprint density at radius 2 is 1.82 bits per heavy atom. The van der Waals surface area contributed by atoms with E-state index in [4.69, 9.17) is 9.47 Å². The highest BCUT2D eigenvalue weighted by Gasteiger charge is 2.40. The van der Waals surface area contributed by atoms with Gasteiger partial charge in [0.2, 0.25) is 0 Å². The second-order valence-electron chi connectivity index (χ2n) is 6.74. The average Bonchev–Trinajstić information content (AvgIpc) is 2.88. The van der Waals surface area contributed by atoms with Gasteiger partial charge in [-0.05, 0) is 22.6 Å². The van der Waals surface area contributed by atoms with E-state index in [0.717, 1.165) is 0 Å². The van der Waals surface area contributed by atoms with Gasteiger partial charge in [-0.2, -0.15) is 0 Å². The third kappa shape index (κ3) is 2.33. The van der Waals surface area contributed by atoms with Crippen LogP contribution in [0.4, 0.5) is 0 Å². The minimum absolute atomic E-state index is 0.209. The highest BCUT2D eigenvalue weighted by Crippen LogP contribution is 2.39. The van der Waals surface area contributed by atoms with Gasteiger partial charge in [-0.15, -0.1) is 0 Å². The smallest absolute Gasteiger partial charge is 0.347 e. The Morgan fingerprint density at radius 1 is 1.14 bits per heavy atom. The summed E-state index contributed by atoms with van der Waals surface area (Å²) in [5.41, 5.74) is 1.45. The van der Waals surface area contributed by atoms with Crippen LogP contribution in [0, 0.1) is 0 Å². The second kappa shape index (κ2) is 4.87. The number of ether oxygens (including phenoxy) is 2. The Hall–Kier alpha value is -1.76. The molecule has 2 N–H and O–H groups in total. The van der Waals surface area contributed by atoms with Gasteiger partial charge in [0.25, 0.3) is 0 Å². The molecule has 3 rings (SSSR count). The van der Waals surface area contributed by atoms with E-state index < -0.39 is 30.4 Å². The van der Waals surface area contributed by atoms with Gasteiger partial charge in [0, 0.05) is 12.3 Å². The number of carbonyl (C=O) groups excluding carboxylic acids is 2. The first-order chi connectivity index (χ1) is 10.2. The van der Waals surface area contributed by atoms with Crippen molar-refractivity contribution in [2.75, 3.05) is 0 Å². The second-order valence-corrected chi connectivity index (χ2v) is 6.74. The fourth-order valence-corrected chi connectivity index (χ4v) is 2.99. The summed E-state index contributed by atoms with van der Waals surface area (Å²) in [6.45, 7) is 5.79. The Bertz CT molecular complexity index is 657. The summed E-state index contributed by atoms with van der Waals surface area (Å²) in [6.07, 6.45) is -1.96. The minimum Gasteiger partial charge on any atom is -0.386 e. The summed E-state index contributed by atoms with van der Waals surface area (Å²) >= 11 is 0. The van der Waals surface area contributed by atoms with Crippen LogP contribution < -0.4 is 0 Å². The number of aliphatic hydroxyl groups excluding tert-OH is 2. The van der Waals surface area contributed by atoms with Crippen molar-refractivity contribution in [1.82, 2.24) is 0 Å². The molecule has 2 aliphatic rings. The molecule has 1 aromatic carbocycles. The maximum absolute atomic E-state index is 11.9. The quantitative estimate of drug-likeness (QED) is 0.602. The number of fused-ring (bicyclic) bond motifs is 1. The molecule has 2 aliphatic heterocycles. The largest absolute Gasteiger partial charge is 0.386 e. The highest BCUT2D eigenvalue weighted by molar-refractivity contribution is 6.15. The lowest BCUT2D eigenvalue weighted by molar-refractivity contribution is -0.163. The number of carbonyl (C=O) groups is 2. The van der Waals surface area contributed by atoms with E-state index in [2.05, 4.69) is 0 Å². The van der Waals surface area contributed by atoms with Crippen molar-refractivity contribution in [2.45, 2.75) is 51.1 Å². The number of benzene rings is 1. The van der Waals surface area contributed by atoms with E-state index in [1.54, 1.807) is 12.1 Å². The van der Waals surface area contributed by atoms with Crippen LogP contribution in [-0.2, 0) is 14.9 Å². The molecule has 0 aliphatic carbocycles. The summed E-state index contributed by atoms with van der Waals surface area (Å²) < 4.78 is 9.66. The average molecular weight is 306 g/mol. The van der Waals surface area contributed by atoms with Crippen molar-refractivity contribution in [3.8, 4) is 0 Å². The Kier molecular flexibility index (Phi) is 3.36. The number of aliphatic hydroxyl groups is 2. The molecule has 1 saturated heterocycles. The number of cyclic esters (lactones) is 2. The molecule has 0 bridgehead atoms. The predicted molar refractivity (Wildman–Crippen MR) is 75.3 cm³/mol. The third-order valence-corrected chi connectivity index (χ3v) is 4.10. The van der Waals surface area contributed by atoms with Gasteiger partial charge < -0.3 is 19.7 Å². The van der Waals surface area contributed by atoms with Crippen molar-refractivity contribution < 1.29 is 29.3 Å². The molecule has 0 radical (unpaired) electrons. The molecule has 118 valence electrons. The molecule has 1 fully saturated rings. The van der Waals surface area contributed by atoms with E-state index in [0.29, 0.717) is 11.1 Å². The van der Waals surface area contributed by atoms with E-state index in [9.17, 15) is 19.8 Å². The van der Waals surface area contributed by atoms with Crippen LogP contribution in [-0.4, -0.2) is 34.7 Å². The lowest BCUT2D eigenvalue weighted by Crippen LogP contribution is -2.19. The summed E-state index contributed by atoms with van der Waals surface area (Å²) in [6, 6.07) is 3.33. The molecular formula is C16H18O6. The number of hydrogen-bond donors (Lipinski definition) is 2. The summed E-state index contributed by atoms with van der Waals surface area (Å²) in [5.74, 6) is -1.77. The molecule has 3 atom stereocenters. The Labute approximate surface area is 127 Å². The first kappa shape index (κ1) is 15.1. The molecule has 22 heavy (non-hydrogen) atoms. The normalized spacial score (nSPS) is 28.0. The summed E-state index contributed by atoms with van der Waals surface area (Å²) in [4.78, 5) is 23.8. The zero-order valence-electron chi connectivity index (χ0n) is 12.6. The van der Waals surface area contributed by atoms with E-state index in [1.165, 1.54) is 0 Å². The van der Waals surface area contributed by atoms with E-state index >= 15 is 0 Å². The number of esters is 2. The van der Waals surface area contributed by atoms with Gasteiger partial charge in [0.1, 0.15) is 0 Å². The zero-order valence-corrected chi connectivity index (χ0v) is 12.6. The van der Waals surface area contributed by atoms with Gasteiger partial charge in [-0.3, -0.25) is 0 Å². The maximum Gasteiger partial charge on any atom is 0.347 e. The molecule has 0 amide bonds. The topological polar surface area (TPSA) is 93.1 Å². The van der Waals surface area contributed by atoms with Gasteiger partial charge in [0.05, 0.1) is 11.1 Å². The zero-order chi connectivity index (χ0) is 16.2. The minimum atomic E-state index is -1.14. The van der Waals surface area contributed by atoms with Crippen molar-refractivity contribution in [1.29, 1.82) is 0 Å². The summed E-state index contributed by atoms with van der Waals surface area (Å²) in [7, 11) is 0. The van der Waals surface area contributed by atoms with Crippen LogP contribution in [0.5, 0.6) is 0 Å². The van der Waals surface area contributed by atoms with Gasteiger partial charge in [-0.25, -0.2) is 9.59 Å². The van der Waals surface area contributed by atoms with Gasteiger partial charge in [0.15, 0.2) is 12.6 Å². The lowest BCUT2D eigenvalue weighted by Gasteiger charge is -2.23. The molecule has 2 heterocycles. The first-order valence-electron chi connectivity index (χ1n) is 7.15. The van der Waals surface area contributed by atoms with Crippen LogP contribution in [0.2, 0.25) is 0 Å². The van der Waals surface area contributed by atoms with Gasteiger partial charge in [-0.1, -0.05) is 26.8 Å². The fraction of sp³-hybridized carbons (Fsp3) is 0.500. The highest BCUT2D eigenvalue weighted by atomic mass is 16.7. The lowest BCUT2D eigenvalue weighted by atomic mass is 9.79. The van der Waals surface area contributed by atoms with Crippen LogP contribution >= 0.6 is 0 Å². The predicted octanol–water partition coefficient (Wildman–Crippen LogP) is 1.44. The van der Waals surface area contributed by atoms with Crippen LogP contribution in [0.1, 0.15) is 65.0 Å². The Morgan fingerprint density at radius 3 is 2.36 bits per heavy atom. The van der Waals surface area contributed by atoms with Crippen molar-refractivity contribution >= 4 is 11.9 Å². The van der Waals surface area contributed by atoms with E-state index in [1.807, 2.05) is 20.8 Å². The number of hydrogen-bond acceptors (Lipinski definition) is 6. The monoisotopic (exact) mass is 306 g/mol. The molecular weight excluding hydrogens is 288 g/mol. The molecule has 3 unspecified atom stereocenters. The fourth-order valence-electron chi connectivity index (χ4n) is 2.99. The molecule has 0 spiro atoms. The first-order valence-corrected chi connectivity index (χ1v) is 7.15. The van der Waals surface area contributed by atoms with Crippen molar-refractivity contribution in [3.63, 3.8) is 0 Å². The Balaban J connectivity index is 2.17. The van der Waals surface area contributed by atoms with Crippen molar-refractivity contribution in [3.05, 3.63) is 34.4 Å². The maximum atomic E-state index is 11.9. The van der Waals surface area contributed by atoms with E-state index in [-0.39, 0.29) is 23.0 Å². The number of rotatable bonds is 1. The van der Waals surface area contributed by atoms with Crippen molar-refractivity contribution in [2.24, 2.45) is 0 Å². The summed E-state index contributed by atoms with van der Waals surface area (Å²) in [5, 5.41) is 19.4. The molecule has 6 nitrogen and oxygen atoms in total. The molecule has 0 aromatic heterocycles. The molecule has 1 aromatic rings. The molecule has 0 saturated carbocycles. The van der Waals surface area contributed by atoms with Crippen LogP contribution in [0.15, 0.2) is 12.1 Å².